The average Bonchev–Trinajstić information content (AvgIpc) is 2.71. The smallest absolute Gasteiger partial charge is 0.468 e. The van der Waals surface area contributed by atoms with Crippen LogP contribution in [-0.4, -0.2) is 42.5 Å². The molecule has 0 unspecified atom stereocenters. The molecule has 0 N–H and O–H groups in total. The van der Waals surface area contributed by atoms with Gasteiger partial charge in [0.05, 0.1) is 11.2 Å². The predicted octanol–water partition coefficient (Wildman–Crippen LogP) is 1.64. The number of hydrogen-bond donors (Lipinski definition) is 0. The van der Waals surface area contributed by atoms with Crippen molar-refractivity contribution in [1.82, 2.24) is 0 Å². The Bertz CT molecular complexity index is 603. The van der Waals surface area contributed by atoms with Crippen molar-refractivity contribution in [1.29, 1.82) is 0 Å². The lowest BCUT2D eigenvalue weighted by atomic mass is 9.75. The van der Waals surface area contributed by atoms with Gasteiger partial charge in [0.1, 0.15) is 16.0 Å². The average molecular weight is 329 g/mol. The van der Waals surface area contributed by atoms with Crippen LogP contribution < -0.4 is 10.2 Å². The highest BCUT2D eigenvalue weighted by molar-refractivity contribution is 6.62. The number of rotatable bonds is 5. The maximum Gasteiger partial charge on any atom is 0.495 e. The Morgan fingerprint density at radius 2 is 1.83 bits per heavy atom. The molecule has 1 aromatic rings. The quantitative estimate of drug-likeness (QED) is 0.468. The first-order chi connectivity index (χ1) is 10.8. The molecular formula is C17H22BO4Si. The van der Waals surface area contributed by atoms with Crippen molar-refractivity contribution in [2.45, 2.75) is 45.3 Å². The number of ether oxygens (including phenoxy) is 2. The van der Waals surface area contributed by atoms with Gasteiger partial charge in [-0.15, -0.1) is 11.5 Å². The molecule has 0 bridgehead atoms. The molecule has 1 aliphatic heterocycles. The highest BCUT2D eigenvalue weighted by Gasteiger charge is 2.52. The van der Waals surface area contributed by atoms with Crippen LogP contribution in [0.4, 0.5) is 0 Å². The van der Waals surface area contributed by atoms with E-state index >= 15 is 0 Å². The lowest BCUT2D eigenvalue weighted by Crippen LogP contribution is -2.41. The molecule has 4 nitrogen and oxygen atoms in total. The summed E-state index contributed by atoms with van der Waals surface area (Å²) in [5, 5.41) is 0. The molecule has 0 spiro atoms. The summed E-state index contributed by atoms with van der Waals surface area (Å²) in [6.07, 6.45) is 0.605. The van der Waals surface area contributed by atoms with Gasteiger partial charge in [0.15, 0.2) is 6.79 Å². The van der Waals surface area contributed by atoms with Crippen molar-refractivity contribution in [2.24, 2.45) is 0 Å². The van der Waals surface area contributed by atoms with Gasteiger partial charge in [-0.3, -0.25) is 0 Å². The fourth-order valence-corrected chi connectivity index (χ4v) is 2.37. The molecule has 1 aromatic carbocycles. The van der Waals surface area contributed by atoms with Gasteiger partial charge < -0.3 is 18.8 Å². The lowest BCUT2D eigenvalue weighted by molar-refractivity contribution is 0.00578. The minimum absolute atomic E-state index is 0.197. The minimum Gasteiger partial charge on any atom is -0.468 e. The summed E-state index contributed by atoms with van der Waals surface area (Å²) in [5.74, 6) is 3.73. The third-order valence-electron chi connectivity index (χ3n) is 4.34. The van der Waals surface area contributed by atoms with E-state index in [1.807, 2.05) is 45.9 Å². The molecule has 6 heteroatoms. The molecule has 0 aromatic heterocycles. The summed E-state index contributed by atoms with van der Waals surface area (Å²) in [5.41, 5.74) is 3.95. The summed E-state index contributed by atoms with van der Waals surface area (Å²) < 4.78 is 22.8. The maximum absolute atomic E-state index is 6.16. The van der Waals surface area contributed by atoms with Crippen LogP contribution in [0.25, 0.3) is 0 Å². The van der Waals surface area contributed by atoms with E-state index in [9.17, 15) is 0 Å². The summed E-state index contributed by atoms with van der Waals surface area (Å²) in [4.78, 5) is 0. The Balaban J connectivity index is 2.35. The van der Waals surface area contributed by atoms with Crippen LogP contribution >= 0.6 is 0 Å². The Hall–Kier alpha value is -1.26. The van der Waals surface area contributed by atoms with E-state index in [1.54, 1.807) is 7.11 Å². The van der Waals surface area contributed by atoms with Gasteiger partial charge in [-0.25, -0.2) is 0 Å². The molecule has 121 valence electrons. The molecule has 0 atom stereocenters. The molecule has 1 heterocycles. The van der Waals surface area contributed by atoms with Crippen LogP contribution in [0.1, 0.15) is 33.3 Å². The van der Waals surface area contributed by atoms with Crippen molar-refractivity contribution in [3.05, 3.63) is 23.8 Å². The second-order valence-electron chi connectivity index (χ2n) is 6.48. The second kappa shape index (κ2) is 7.10. The number of hydrogen-bond acceptors (Lipinski definition) is 4. The monoisotopic (exact) mass is 329 g/mol. The molecule has 1 saturated heterocycles. The fourth-order valence-electron chi connectivity index (χ4n) is 2.28. The highest BCUT2D eigenvalue weighted by Crippen LogP contribution is 2.37. The van der Waals surface area contributed by atoms with Gasteiger partial charge >= 0.3 is 7.12 Å². The van der Waals surface area contributed by atoms with Crippen molar-refractivity contribution in [3.8, 4) is 17.2 Å². The van der Waals surface area contributed by atoms with E-state index in [0.29, 0.717) is 12.2 Å². The summed E-state index contributed by atoms with van der Waals surface area (Å²) in [7, 11) is 4.33. The van der Waals surface area contributed by atoms with Crippen molar-refractivity contribution in [2.75, 3.05) is 13.9 Å². The van der Waals surface area contributed by atoms with E-state index in [-0.39, 0.29) is 18.0 Å². The van der Waals surface area contributed by atoms with Crippen molar-refractivity contribution >= 4 is 22.8 Å². The molecule has 0 amide bonds. The second-order valence-corrected chi connectivity index (χ2v) is 6.73. The van der Waals surface area contributed by atoms with E-state index < -0.39 is 7.12 Å². The minimum atomic E-state index is -0.447. The highest BCUT2D eigenvalue weighted by atomic mass is 28.1. The standard InChI is InChI=1S/C17H22BO4Si/c1-16(2)17(3,4)22-18(21-16)15-11-14(20-12-19-5)9-8-13(15)7-6-10-23/h8-9,11H,7,12H2,1-5H3. The molecule has 23 heavy (non-hydrogen) atoms. The van der Waals surface area contributed by atoms with Crippen molar-refractivity contribution in [3.63, 3.8) is 0 Å². The van der Waals surface area contributed by atoms with E-state index in [0.717, 1.165) is 11.0 Å². The summed E-state index contributed by atoms with van der Waals surface area (Å²) >= 11 is 0. The van der Waals surface area contributed by atoms with Gasteiger partial charge in [0.25, 0.3) is 0 Å². The molecule has 0 aliphatic carbocycles. The summed E-state index contributed by atoms with van der Waals surface area (Å²) in [6, 6.07) is 5.83. The topological polar surface area (TPSA) is 36.9 Å². The van der Waals surface area contributed by atoms with Crippen LogP contribution in [0.3, 0.4) is 0 Å². The molecular weight excluding hydrogens is 307 g/mol. The zero-order chi connectivity index (χ0) is 17.1. The lowest BCUT2D eigenvalue weighted by Gasteiger charge is -2.32. The van der Waals surface area contributed by atoms with Gasteiger partial charge in [0.2, 0.25) is 0 Å². The molecule has 2 rings (SSSR count). The van der Waals surface area contributed by atoms with Gasteiger partial charge in [-0.1, -0.05) is 6.07 Å². The predicted molar refractivity (Wildman–Crippen MR) is 91.9 cm³/mol. The first-order valence-electron chi connectivity index (χ1n) is 7.55. The number of benzene rings is 1. The van der Waals surface area contributed by atoms with Gasteiger partial charge in [-0.2, -0.15) is 0 Å². The van der Waals surface area contributed by atoms with Crippen LogP contribution in [0, 0.1) is 11.5 Å². The first-order valence-corrected chi connectivity index (χ1v) is 8.05. The molecule has 1 fully saturated rings. The molecule has 3 radical (unpaired) electrons. The molecule has 0 saturated carbocycles. The van der Waals surface area contributed by atoms with E-state index in [4.69, 9.17) is 18.8 Å². The first kappa shape index (κ1) is 18.1. The van der Waals surface area contributed by atoms with Crippen LogP contribution in [-0.2, 0) is 20.5 Å². The van der Waals surface area contributed by atoms with Gasteiger partial charge in [-0.05, 0) is 50.9 Å². The van der Waals surface area contributed by atoms with Crippen molar-refractivity contribution < 1.29 is 18.8 Å². The third-order valence-corrected chi connectivity index (χ3v) is 4.51. The summed E-state index contributed by atoms with van der Waals surface area (Å²) in [6.45, 7) is 8.35. The Labute approximate surface area is 142 Å². The van der Waals surface area contributed by atoms with Crippen LogP contribution in [0.5, 0.6) is 5.75 Å². The number of methoxy groups -OCH3 is 1. The third kappa shape index (κ3) is 3.99. The zero-order valence-electron chi connectivity index (χ0n) is 14.4. The van der Waals surface area contributed by atoms with Crippen LogP contribution in [0.2, 0.25) is 0 Å². The fraction of sp³-hybridized carbons (Fsp3) is 0.529. The molecule has 1 aliphatic rings. The zero-order valence-corrected chi connectivity index (χ0v) is 15.4. The Kier molecular flexibility index (Phi) is 5.58. The largest absolute Gasteiger partial charge is 0.495 e. The SMILES string of the molecule is COCOc1ccc(CC#C[Si])c(B2OC(C)(C)C(C)(C)O2)c1. The Morgan fingerprint density at radius 3 is 2.39 bits per heavy atom. The maximum atomic E-state index is 6.16. The van der Waals surface area contributed by atoms with Gasteiger partial charge in [0, 0.05) is 13.5 Å². The van der Waals surface area contributed by atoms with E-state index in [1.165, 1.54) is 0 Å². The van der Waals surface area contributed by atoms with E-state index in [2.05, 4.69) is 21.7 Å². The normalized spacial score (nSPS) is 18.4. The Morgan fingerprint density at radius 1 is 1.17 bits per heavy atom. The van der Waals surface area contributed by atoms with Crippen LogP contribution in [0.15, 0.2) is 18.2 Å².